The number of hydrogen-bond acceptors (Lipinski definition) is 2. The maximum Gasteiger partial charge on any atom is 0.128 e. The van der Waals surface area contributed by atoms with E-state index in [1.807, 2.05) is 38.1 Å². The third-order valence-electron chi connectivity index (χ3n) is 2.95. The number of nitrogens with two attached hydrogens (primary N) is 1. The normalized spacial score (nSPS) is 12.2. The van der Waals surface area contributed by atoms with Crippen LogP contribution in [0.5, 0.6) is 0 Å². The minimum Gasteiger partial charge on any atom is -0.397 e. The summed E-state index contributed by atoms with van der Waals surface area (Å²) in [6, 6.07) is 12.4. The maximum absolute atomic E-state index is 13.6. The van der Waals surface area contributed by atoms with Crippen LogP contribution in [0.2, 0.25) is 0 Å². The lowest BCUT2D eigenvalue weighted by atomic mass is 10.1. The number of aryl methyl sites for hydroxylation is 1. The van der Waals surface area contributed by atoms with Crippen molar-refractivity contribution < 1.29 is 4.39 Å². The number of rotatable bonds is 3. The van der Waals surface area contributed by atoms with Crippen LogP contribution in [0.4, 0.5) is 15.8 Å². The summed E-state index contributed by atoms with van der Waals surface area (Å²) in [5, 5.41) is 3.23. The SMILES string of the molecule is Cc1ccc(NC(C)c2ccccc2F)c(N)c1. The summed E-state index contributed by atoms with van der Waals surface area (Å²) < 4.78 is 13.6. The maximum atomic E-state index is 13.6. The van der Waals surface area contributed by atoms with Gasteiger partial charge >= 0.3 is 0 Å². The molecule has 3 heteroatoms. The summed E-state index contributed by atoms with van der Waals surface area (Å²) in [7, 11) is 0. The van der Waals surface area contributed by atoms with Gasteiger partial charge in [0.05, 0.1) is 17.4 Å². The summed E-state index contributed by atoms with van der Waals surface area (Å²) in [6.45, 7) is 3.90. The second-order valence-corrected chi connectivity index (χ2v) is 4.48. The van der Waals surface area contributed by atoms with Crippen LogP contribution in [0.15, 0.2) is 42.5 Å². The molecular weight excluding hydrogens is 227 g/mol. The Labute approximate surface area is 107 Å². The lowest BCUT2D eigenvalue weighted by Gasteiger charge is -2.18. The first-order valence-electron chi connectivity index (χ1n) is 5.95. The van der Waals surface area contributed by atoms with Gasteiger partial charge in [-0.25, -0.2) is 4.39 Å². The van der Waals surface area contributed by atoms with Crippen LogP contribution in [0.25, 0.3) is 0 Å². The Morgan fingerprint density at radius 3 is 2.56 bits per heavy atom. The highest BCUT2D eigenvalue weighted by atomic mass is 19.1. The van der Waals surface area contributed by atoms with Gasteiger partial charge in [0.1, 0.15) is 5.82 Å². The quantitative estimate of drug-likeness (QED) is 0.804. The molecule has 0 amide bonds. The molecule has 0 radical (unpaired) electrons. The number of halogens is 1. The summed E-state index contributed by atoms with van der Waals surface area (Å²) in [6.07, 6.45) is 0. The largest absolute Gasteiger partial charge is 0.397 e. The standard InChI is InChI=1S/C15H17FN2/c1-10-7-8-15(14(17)9-10)18-11(2)12-5-3-4-6-13(12)16/h3-9,11,18H,17H2,1-2H3. The van der Waals surface area contributed by atoms with Crippen molar-refractivity contribution in [2.45, 2.75) is 19.9 Å². The third-order valence-corrected chi connectivity index (χ3v) is 2.95. The van der Waals surface area contributed by atoms with E-state index >= 15 is 0 Å². The fraction of sp³-hybridized carbons (Fsp3) is 0.200. The number of benzene rings is 2. The molecule has 0 bridgehead atoms. The Balaban J connectivity index is 2.21. The van der Waals surface area contributed by atoms with E-state index in [0.717, 1.165) is 11.3 Å². The van der Waals surface area contributed by atoms with Crippen molar-refractivity contribution in [2.75, 3.05) is 11.1 Å². The molecule has 0 saturated heterocycles. The minimum absolute atomic E-state index is 0.129. The molecule has 0 aliphatic carbocycles. The molecule has 2 nitrogen and oxygen atoms in total. The summed E-state index contributed by atoms with van der Waals surface area (Å²) >= 11 is 0. The molecule has 1 atom stereocenters. The van der Waals surface area contributed by atoms with Gasteiger partial charge in [0, 0.05) is 5.56 Å². The highest BCUT2D eigenvalue weighted by Crippen LogP contribution is 2.26. The van der Waals surface area contributed by atoms with Gasteiger partial charge in [-0.3, -0.25) is 0 Å². The Morgan fingerprint density at radius 2 is 1.89 bits per heavy atom. The van der Waals surface area contributed by atoms with E-state index in [1.54, 1.807) is 12.1 Å². The molecular formula is C15H17FN2. The Bertz CT molecular complexity index is 552. The molecule has 2 aromatic rings. The van der Waals surface area contributed by atoms with Crippen LogP contribution in [0.1, 0.15) is 24.1 Å². The van der Waals surface area contributed by atoms with Gasteiger partial charge < -0.3 is 11.1 Å². The Morgan fingerprint density at radius 1 is 1.17 bits per heavy atom. The molecule has 3 N–H and O–H groups in total. The lowest BCUT2D eigenvalue weighted by Crippen LogP contribution is -2.10. The van der Waals surface area contributed by atoms with Gasteiger partial charge in [0.2, 0.25) is 0 Å². The molecule has 0 fully saturated rings. The zero-order valence-electron chi connectivity index (χ0n) is 10.6. The second kappa shape index (κ2) is 5.08. The molecule has 1 unspecified atom stereocenters. The van der Waals surface area contributed by atoms with Crippen molar-refractivity contribution in [3.63, 3.8) is 0 Å². The highest BCUT2D eigenvalue weighted by molar-refractivity contribution is 5.67. The molecule has 0 saturated carbocycles. The zero-order valence-corrected chi connectivity index (χ0v) is 10.6. The number of hydrogen-bond donors (Lipinski definition) is 2. The van der Waals surface area contributed by atoms with Gasteiger partial charge in [0.15, 0.2) is 0 Å². The molecule has 0 aromatic heterocycles. The average molecular weight is 244 g/mol. The van der Waals surface area contributed by atoms with E-state index in [-0.39, 0.29) is 11.9 Å². The van der Waals surface area contributed by atoms with Gasteiger partial charge in [-0.2, -0.15) is 0 Å². The highest BCUT2D eigenvalue weighted by Gasteiger charge is 2.11. The molecule has 0 aliphatic heterocycles. The molecule has 2 rings (SSSR count). The van der Waals surface area contributed by atoms with Crippen LogP contribution >= 0.6 is 0 Å². The van der Waals surface area contributed by atoms with Gasteiger partial charge in [0.25, 0.3) is 0 Å². The lowest BCUT2D eigenvalue weighted by molar-refractivity contribution is 0.600. The summed E-state index contributed by atoms with van der Waals surface area (Å²) in [4.78, 5) is 0. The molecule has 0 heterocycles. The average Bonchev–Trinajstić information content (AvgIpc) is 2.33. The second-order valence-electron chi connectivity index (χ2n) is 4.48. The Hall–Kier alpha value is -2.03. The smallest absolute Gasteiger partial charge is 0.128 e. The van der Waals surface area contributed by atoms with Crippen LogP contribution in [0.3, 0.4) is 0 Å². The predicted octanol–water partition coefficient (Wildman–Crippen LogP) is 3.89. The van der Waals surface area contributed by atoms with Crippen molar-refractivity contribution in [1.82, 2.24) is 0 Å². The molecule has 2 aromatic carbocycles. The first-order valence-corrected chi connectivity index (χ1v) is 5.95. The van der Waals surface area contributed by atoms with Crippen LogP contribution in [0, 0.1) is 12.7 Å². The van der Waals surface area contributed by atoms with Crippen LogP contribution in [-0.4, -0.2) is 0 Å². The summed E-state index contributed by atoms with van der Waals surface area (Å²) in [5.41, 5.74) is 9.18. The van der Waals surface area contributed by atoms with E-state index < -0.39 is 0 Å². The van der Waals surface area contributed by atoms with E-state index in [1.165, 1.54) is 6.07 Å². The van der Waals surface area contributed by atoms with Crippen LogP contribution < -0.4 is 11.1 Å². The Kier molecular flexibility index (Phi) is 3.51. The van der Waals surface area contributed by atoms with Gasteiger partial charge in [-0.1, -0.05) is 24.3 Å². The number of nitrogen functional groups attached to an aromatic ring is 1. The van der Waals surface area contributed by atoms with Gasteiger partial charge in [-0.15, -0.1) is 0 Å². The molecule has 0 aliphatic rings. The molecule has 18 heavy (non-hydrogen) atoms. The predicted molar refractivity (Wildman–Crippen MR) is 74.0 cm³/mol. The van der Waals surface area contributed by atoms with E-state index in [4.69, 9.17) is 5.73 Å². The summed E-state index contributed by atoms with van der Waals surface area (Å²) in [5.74, 6) is -0.205. The topological polar surface area (TPSA) is 38.0 Å². The van der Waals surface area contributed by atoms with Crippen molar-refractivity contribution >= 4 is 11.4 Å². The third kappa shape index (κ3) is 2.62. The van der Waals surface area contributed by atoms with E-state index in [2.05, 4.69) is 5.32 Å². The molecule has 0 spiro atoms. The van der Waals surface area contributed by atoms with Crippen molar-refractivity contribution in [1.29, 1.82) is 0 Å². The van der Waals surface area contributed by atoms with E-state index in [9.17, 15) is 4.39 Å². The van der Waals surface area contributed by atoms with Crippen LogP contribution in [-0.2, 0) is 0 Å². The number of anilines is 2. The van der Waals surface area contributed by atoms with Crippen molar-refractivity contribution in [2.24, 2.45) is 0 Å². The fourth-order valence-electron chi connectivity index (χ4n) is 1.95. The van der Waals surface area contributed by atoms with Crippen molar-refractivity contribution in [3.05, 3.63) is 59.4 Å². The van der Waals surface area contributed by atoms with E-state index in [0.29, 0.717) is 11.3 Å². The first kappa shape index (κ1) is 12.4. The zero-order chi connectivity index (χ0) is 13.1. The number of nitrogens with one attached hydrogen (secondary N) is 1. The van der Waals surface area contributed by atoms with Gasteiger partial charge in [-0.05, 0) is 37.6 Å². The monoisotopic (exact) mass is 244 g/mol. The molecule has 94 valence electrons. The first-order chi connectivity index (χ1) is 8.58. The fourth-order valence-corrected chi connectivity index (χ4v) is 1.95. The van der Waals surface area contributed by atoms with Crippen molar-refractivity contribution in [3.8, 4) is 0 Å². The minimum atomic E-state index is -0.205.